The number of benzene rings is 2. The number of ether oxygens (including phenoxy) is 1. The van der Waals surface area contributed by atoms with Crippen molar-refractivity contribution < 1.29 is 9.53 Å². The number of hydrogen-bond donors (Lipinski definition) is 2. The van der Waals surface area contributed by atoms with Gasteiger partial charge in [0.1, 0.15) is 12.4 Å². The van der Waals surface area contributed by atoms with E-state index in [1.54, 1.807) is 5.38 Å². The van der Waals surface area contributed by atoms with Crippen LogP contribution < -0.4 is 15.4 Å². The molecule has 8 heteroatoms. The number of hydrogen-bond acceptors (Lipinski definition) is 6. The maximum atomic E-state index is 11.9. The van der Waals surface area contributed by atoms with E-state index in [1.807, 2.05) is 54.6 Å². The second kappa shape index (κ2) is 8.32. The van der Waals surface area contributed by atoms with Crippen molar-refractivity contribution >= 4 is 40.5 Å². The van der Waals surface area contributed by atoms with E-state index in [-0.39, 0.29) is 10.8 Å². The molecule has 2 aromatic carbocycles. The second-order valence-electron chi connectivity index (χ2n) is 5.00. The lowest BCUT2D eigenvalue weighted by molar-refractivity contribution is 0.0973. The Morgan fingerprint density at radius 2 is 2.00 bits per heavy atom. The summed E-state index contributed by atoms with van der Waals surface area (Å²) in [6, 6.07) is 17.2. The monoisotopic (exact) mass is 370 g/mol. The van der Waals surface area contributed by atoms with Gasteiger partial charge in [0, 0.05) is 17.1 Å². The highest BCUT2D eigenvalue weighted by molar-refractivity contribution is 7.80. The van der Waals surface area contributed by atoms with Gasteiger partial charge >= 0.3 is 0 Å². The average Bonchev–Trinajstić information content (AvgIpc) is 3.16. The molecule has 1 heterocycles. The minimum atomic E-state index is -0.400. The van der Waals surface area contributed by atoms with Crippen molar-refractivity contribution in [2.75, 3.05) is 5.32 Å². The van der Waals surface area contributed by atoms with Gasteiger partial charge in [0.05, 0.1) is 0 Å². The Bertz CT molecular complexity index is 854. The van der Waals surface area contributed by atoms with Crippen LogP contribution in [0.2, 0.25) is 0 Å². The first-order valence-electron chi connectivity index (χ1n) is 7.37. The molecule has 0 atom stereocenters. The van der Waals surface area contributed by atoms with Gasteiger partial charge in [-0.2, -0.15) is 0 Å². The van der Waals surface area contributed by atoms with E-state index >= 15 is 0 Å². The number of amides is 1. The van der Waals surface area contributed by atoms with Crippen molar-refractivity contribution in [3.8, 4) is 5.75 Å². The minimum absolute atomic E-state index is 0.179. The van der Waals surface area contributed by atoms with Gasteiger partial charge in [-0.15, -0.1) is 5.10 Å². The van der Waals surface area contributed by atoms with Crippen LogP contribution in [-0.2, 0) is 6.61 Å². The first kappa shape index (κ1) is 17.0. The van der Waals surface area contributed by atoms with Crippen LogP contribution in [0.4, 0.5) is 5.69 Å². The lowest BCUT2D eigenvalue weighted by Gasteiger charge is -2.11. The summed E-state index contributed by atoms with van der Waals surface area (Å²) in [5.41, 5.74) is 2.03. The Labute approximate surface area is 154 Å². The molecule has 0 bridgehead atoms. The molecule has 0 unspecified atom stereocenters. The van der Waals surface area contributed by atoms with Crippen LogP contribution >= 0.6 is 23.8 Å². The number of rotatable bonds is 5. The van der Waals surface area contributed by atoms with Crippen LogP contribution in [0, 0.1) is 0 Å². The van der Waals surface area contributed by atoms with Gasteiger partial charge < -0.3 is 10.1 Å². The predicted molar refractivity (Wildman–Crippen MR) is 101 cm³/mol. The summed E-state index contributed by atoms with van der Waals surface area (Å²) >= 11 is 6.24. The van der Waals surface area contributed by atoms with Crippen molar-refractivity contribution in [1.29, 1.82) is 0 Å². The molecule has 0 aliphatic carbocycles. The molecule has 0 radical (unpaired) electrons. The van der Waals surface area contributed by atoms with Gasteiger partial charge in [-0.05, 0) is 41.4 Å². The van der Waals surface area contributed by atoms with Gasteiger partial charge in [-0.25, -0.2) is 0 Å². The topological polar surface area (TPSA) is 76.1 Å². The van der Waals surface area contributed by atoms with Crippen molar-refractivity contribution in [3.63, 3.8) is 0 Å². The van der Waals surface area contributed by atoms with Crippen molar-refractivity contribution in [3.05, 3.63) is 71.2 Å². The van der Waals surface area contributed by atoms with E-state index in [0.717, 1.165) is 17.1 Å². The fourth-order valence-electron chi connectivity index (χ4n) is 2.00. The van der Waals surface area contributed by atoms with Crippen LogP contribution in [0.1, 0.15) is 16.1 Å². The van der Waals surface area contributed by atoms with E-state index < -0.39 is 5.91 Å². The van der Waals surface area contributed by atoms with Crippen LogP contribution in [0.3, 0.4) is 0 Å². The molecule has 6 nitrogen and oxygen atoms in total. The second-order valence-corrected chi connectivity index (χ2v) is 6.02. The van der Waals surface area contributed by atoms with E-state index in [4.69, 9.17) is 17.0 Å². The highest BCUT2D eigenvalue weighted by Gasteiger charge is 2.10. The summed E-state index contributed by atoms with van der Waals surface area (Å²) in [4.78, 5) is 11.9. The summed E-state index contributed by atoms with van der Waals surface area (Å²) in [6.07, 6.45) is 0. The smallest absolute Gasteiger partial charge is 0.278 e. The number of nitrogens with one attached hydrogen (secondary N) is 2. The first-order chi connectivity index (χ1) is 12.2. The largest absolute Gasteiger partial charge is 0.489 e. The highest BCUT2D eigenvalue weighted by atomic mass is 32.1. The molecule has 0 fully saturated rings. The fourth-order valence-corrected chi connectivity index (χ4v) is 2.64. The minimum Gasteiger partial charge on any atom is -0.489 e. The molecule has 0 aliphatic heterocycles. The number of thiocarbonyl (C=S) groups is 1. The summed E-state index contributed by atoms with van der Waals surface area (Å²) in [5, 5.41) is 10.9. The number of carbonyl (C=O) groups excluding carboxylic acids is 1. The standard InChI is InChI=1S/C17H14N4O2S2/c22-16(15-11-25-21-20-15)19-17(24)18-13-7-4-8-14(9-13)23-10-12-5-2-1-3-6-12/h1-9,11H,10H2,(H2,18,19,22,24). The van der Waals surface area contributed by atoms with Crippen LogP contribution in [-0.4, -0.2) is 20.6 Å². The quantitative estimate of drug-likeness (QED) is 0.672. The van der Waals surface area contributed by atoms with Gasteiger partial charge in [-0.3, -0.25) is 10.1 Å². The first-order valence-corrected chi connectivity index (χ1v) is 8.61. The molecule has 0 spiro atoms. The molecule has 126 valence electrons. The van der Waals surface area contributed by atoms with Crippen LogP contribution in [0.15, 0.2) is 60.0 Å². The lowest BCUT2D eigenvalue weighted by atomic mass is 10.2. The zero-order valence-corrected chi connectivity index (χ0v) is 14.6. The summed E-state index contributed by atoms with van der Waals surface area (Å²) in [7, 11) is 0. The van der Waals surface area contributed by atoms with E-state index in [1.165, 1.54) is 0 Å². The van der Waals surface area contributed by atoms with E-state index in [0.29, 0.717) is 18.0 Å². The summed E-state index contributed by atoms with van der Waals surface area (Å²) < 4.78 is 9.41. The molecule has 25 heavy (non-hydrogen) atoms. The SMILES string of the molecule is O=C(NC(=S)Nc1cccc(OCc2ccccc2)c1)c1csnn1. The highest BCUT2D eigenvalue weighted by Crippen LogP contribution is 2.18. The Morgan fingerprint density at radius 3 is 2.76 bits per heavy atom. The molecular weight excluding hydrogens is 356 g/mol. The third-order valence-corrected chi connectivity index (χ3v) is 3.87. The maximum Gasteiger partial charge on any atom is 0.278 e. The fraction of sp³-hybridized carbons (Fsp3) is 0.0588. The Balaban J connectivity index is 1.56. The molecule has 0 saturated carbocycles. The average molecular weight is 370 g/mol. The zero-order chi connectivity index (χ0) is 17.5. The maximum absolute atomic E-state index is 11.9. The molecule has 0 saturated heterocycles. The van der Waals surface area contributed by atoms with E-state index in [9.17, 15) is 4.79 Å². The van der Waals surface area contributed by atoms with Gasteiger partial charge in [0.15, 0.2) is 10.8 Å². The number of aromatic nitrogens is 2. The van der Waals surface area contributed by atoms with Gasteiger partial charge in [-0.1, -0.05) is 40.9 Å². The third-order valence-electron chi connectivity index (χ3n) is 3.16. The van der Waals surface area contributed by atoms with Crippen molar-refractivity contribution in [2.24, 2.45) is 0 Å². The molecule has 3 rings (SSSR count). The summed E-state index contributed by atoms with van der Waals surface area (Å²) in [5.74, 6) is 0.300. The normalized spacial score (nSPS) is 10.1. The molecule has 1 aromatic heterocycles. The number of carbonyl (C=O) groups is 1. The Hall–Kier alpha value is -2.84. The zero-order valence-electron chi connectivity index (χ0n) is 13.0. The Kier molecular flexibility index (Phi) is 5.65. The van der Waals surface area contributed by atoms with Crippen LogP contribution in [0.25, 0.3) is 0 Å². The van der Waals surface area contributed by atoms with Gasteiger partial charge in [0.2, 0.25) is 0 Å². The predicted octanol–water partition coefficient (Wildman–Crippen LogP) is 3.24. The molecule has 2 N–H and O–H groups in total. The molecule has 1 amide bonds. The van der Waals surface area contributed by atoms with Crippen molar-refractivity contribution in [1.82, 2.24) is 14.9 Å². The lowest BCUT2D eigenvalue weighted by Crippen LogP contribution is -2.34. The van der Waals surface area contributed by atoms with Gasteiger partial charge in [0.25, 0.3) is 5.91 Å². The van der Waals surface area contributed by atoms with Crippen LogP contribution in [0.5, 0.6) is 5.75 Å². The van der Waals surface area contributed by atoms with Crippen molar-refractivity contribution in [2.45, 2.75) is 6.61 Å². The summed E-state index contributed by atoms with van der Waals surface area (Å²) in [6.45, 7) is 0.475. The molecule has 3 aromatic rings. The van der Waals surface area contributed by atoms with E-state index in [2.05, 4.69) is 20.2 Å². The Morgan fingerprint density at radius 1 is 1.16 bits per heavy atom. The molecule has 0 aliphatic rings. The molecular formula is C17H14N4O2S2. The number of nitrogens with zero attached hydrogens (tertiary/aromatic N) is 2. The number of anilines is 1. The third kappa shape index (κ3) is 5.07.